The van der Waals surface area contributed by atoms with Gasteiger partial charge in [-0.15, -0.1) is 11.3 Å². The number of nitrogens with zero attached hydrogens (tertiary/aromatic N) is 2. The Morgan fingerprint density at radius 1 is 1.38 bits per heavy atom. The van der Waals surface area contributed by atoms with Crippen LogP contribution >= 0.6 is 11.3 Å². The molecule has 2 amide bonds. The maximum Gasteiger partial charge on any atom is 0.243 e. The first-order valence-electron chi connectivity index (χ1n) is 7.16. The van der Waals surface area contributed by atoms with Crippen LogP contribution in [0.2, 0.25) is 0 Å². The van der Waals surface area contributed by atoms with E-state index in [2.05, 4.69) is 15.2 Å². The maximum absolute atomic E-state index is 12.3. The van der Waals surface area contributed by atoms with Crippen LogP contribution in [0.25, 0.3) is 0 Å². The second-order valence-corrected chi connectivity index (χ2v) is 6.74. The van der Waals surface area contributed by atoms with Crippen LogP contribution in [0.5, 0.6) is 0 Å². The molecule has 0 unspecified atom stereocenters. The summed E-state index contributed by atoms with van der Waals surface area (Å²) in [5.74, 6) is -0.345. The van der Waals surface area contributed by atoms with E-state index in [1.807, 2.05) is 20.8 Å². The quantitative estimate of drug-likeness (QED) is 0.877. The Kier molecular flexibility index (Phi) is 4.95. The highest BCUT2D eigenvalue weighted by Crippen LogP contribution is 2.23. The topological polar surface area (TPSA) is 88.3 Å². The minimum absolute atomic E-state index is 0.0544. The largest absolute Gasteiger partial charge is 0.369 e. The summed E-state index contributed by atoms with van der Waals surface area (Å²) < 4.78 is 0. The lowest BCUT2D eigenvalue weighted by molar-refractivity contribution is -0.124. The van der Waals surface area contributed by atoms with Crippen molar-refractivity contribution in [2.45, 2.75) is 39.7 Å². The van der Waals surface area contributed by atoms with Gasteiger partial charge >= 0.3 is 0 Å². The SMILES string of the molecule is Cc1nc(NC(=O)[C@@H](C)N2CCC(C(N)=O)CC2)sc1C. The molecule has 116 valence electrons. The Morgan fingerprint density at radius 2 is 2.00 bits per heavy atom. The molecule has 0 saturated carbocycles. The Hall–Kier alpha value is -1.47. The van der Waals surface area contributed by atoms with Gasteiger partial charge in [0.2, 0.25) is 11.8 Å². The van der Waals surface area contributed by atoms with Gasteiger partial charge in [0.05, 0.1) is 11.7 Å². The Morgan fingerprint density at radius 3 is 2.48 bits per heavy atom. The van der Waals surface area contributed by atoms with Gasteiger partial charge in [0, 0.05) is 10.8 Å². The highest BCUT2D eigenvalue weighted by molar-refractivity contribution is 7.15. The number of carbonyl (C=O) groups excluding carboxylic acids is 2. The molecule has 1 aliphatic heterocycles. The second kappa shape index (κ2) is 6.53. The number of nitrogens with one attached hydrogen (secondary N) is 1. The van der Waals surface area contributed by atoms with Gasteiger partial charge in [-0.25, -0.2) is 4.98 Å². The first-order valence-corrected chi connectivity index (χ1v) is 7.98. The zero-order chi connectivity index (χ0) is 15.6. The monoisotopic (exact) mass is 310 g/mol. The number of nitrogens with two attached hydrogens (primary N) is 1. The fourth-order valence-electron chi connectivity index (χ4n) is 2.47. The van der Waals surface area contributed by atoms with E-state index in [1.54, 1.807) is 0 Å². The standard InChI is InChI=1S/C14H22N4O2S/c1-8-10(3)21-14(16-8)17-13(20)9(2)18-6-4-11(5-7-18)12(15)19/h9,11H,4-7H2,1-3H3,(H2,15,19)(H,16,17,20)/t9-/m1/s1. The molecular weight excluding hydrogens is 288 g/mol. The third-order valence-corrected chi connectivity index (χ3v) is 5.11. The average molecular weight is 310 g/mol. The van der Waals surface area contributed by atoms with Gasteiger partial charge in [0.15, 0.2) is 5.13 Å². The Labute approximate surface area is 128 Å². The number of aromatic nitrogens is 1. The molecule has 21 heavy (non-hydrogen) atoms. The molecular formula is C14H22N4O2S. The number of thiazole rings is 1. The summed E-state index contributed by atoms with van der Waals surface area (Å²) in [4.78, 5) is 30.9. The van der Waals surface area contributed by atoms with Gasteiger partial charge in [-0.1, -0.05) is 0 Å². The zero-order valence-corrected chi connectivity index (χ0v) is 13.5. The third kappa shape index (κ3) is 3.79. The van der Waals surface area contributed by atoms with Crippen molar-refractivity contribution in [2.24, 2.45) is 11.7 Å². The number of aryl methyl sites for hydroxylation is 2. The van der Waals surface area contributed by atoms with Crippen molar-refractivity contribution in [1.82, 2.24) is 9.88 Å². The molecule has 2 rings (SSSR count). The molecule has 2 heterocycles. The van der Waals surface area contributed by atoms with E-state index in [9.17, 15) is 9.59 Å². The first-order chi connectivity index (χ1) is 9.88. The van der Waals surface area contributed by atoms with Crippen LogP contribution in [0.15, 0.2) is 0 Å². The number of anilines is 1. The molecule has 1 aromatic rings. The molecule has 1 atom stereocenters. The van der Waals surface area contributed by atoms with E-state index in [0.717, 1.165) is 36.5 Å². The Bertz CT molecular complexity index is 516. The molecule has 0 bridgehead atoms. The van der Waals surface area contributed by atoms with Crippen LogP contribution in [0.4, 0.5) is 5.13 Å². The van der Waals surface area contributed by atoms with Crippen molar-refractivity contribution in [3.8, 4) is 0 Å². The van der Waals surface area contributed by atoms with Crippen LogP contribution in [-0.4, -0.2) is 40.8 Å². The van der Waals surface area contributed by atoms with E-state index < -0.39 is 0 Å². The van der Waals surface area contributed by atoms with E-state index in [0.29, 0.717) is 5.13 Å². The summed E-state index contributed by atoms with van der Waals surface area (Å²) >= 11 is 1.49. The molecule has 1 aromatic heterocycles. The number of hydrogen-bond acceptors (Lipinski definition) is 5. The van der Waals surface area contributed by atoms with Crippen molar-refractivity contribution < 1.29 is 9.59 Å². The molecule has 0 radical (unpaired) electrons. The van der Waals surface area contributed by atoms with Crippen LogP contribution in [0, 0.1) is 19.8 Å². The smallest absolute Gasteiger partial charge is 0.243 e. The molecule has 1 saturated heterocycles. The number of carbonyl (C=O) groups is 2. The number of amides is 2. The van der Waals surface area contributed by atoms with Gasteiger partial charge < -0.3 is 11.1 Å². The molecule has 0 aliphatic carbocycles. The lowest BCUT2D eigenvalue weighted by atomic mass is 9.95. The highest BCUT2D eigenvalue weighted by atomic mass is 32.1. The summed E-state index contributed by atoms with van der Waals surface area (Å²) in [6.45, 7) is 7.24. The minimum Gasteiger partial charge on any atom is -0.369 e. The number of likely N-dealkylation sites (tertiary alicyclic amines) is 1. The van der Waals surface area contributed by atoms with Crippen molar-refractivity contribution in [2.75, 3.05) is 18.4 Å². The molecule has 1 fully saturated rings. The second-order valence-electron chi connectivity index (χ2n) is 5.54. The summed E-state index contributed by atoms with van der Waals surface area (Å²) in [6.07, 6.45) is 1.45. The maximum atomic E-state index is 12.3. The summed E-state index contributed by atoms with van der Waals surface area (Å²) in [5, 5.41) is 3.52. The zero-order valence-electron chi connectivity index (χ0n) is 12.7. The number of hydrogen-bond donors (Lipinski definition) is 2. The lowest BCUT2D eigenvalue weighted by Gasteiger charge is -2.34. The van der Waals surface area contributed by atoms with Crippen LogP contribution in [0.3, 0.4) is 0 Å². The van der Waals surface area contributed by atoms with Crippen LogP contribution in [-0.2, 0) is 9.59 Å². The van der Waals surface area contributed by atoms with Crippen molar-refractivity contribution in [1.29, 1.82) is 0 Å². The van der Waals surface area contributed by atoms with Gasteiger partial charge in [-0.3, -0.25) is 14.5 Å². The fourth-order valence-corrected chi connectivity index (χ4v) is 3.29. The molecule has 0 aromatic carbocycles. The molecule has 3 N–H and O–H groups in total. The predicted octanol–water partition coefficient (Wildman–Crippen LogP) is 1.28. The number of piperidine rings is 1. The predicted molar refractivity (Wildman–Crippen MR) is 83.2 cm³/mol. The Balaban J connectivity index is 1.89. The summed E-state index contributed by atoms with van der Waals surface area (Å²) in [6, 6.07) is -0.233. The van der Waals surface area contributed by atoms with Gasteiger partial charge in [-0.05, 0) is 46.7 Å². The summed E-state index contributed by atoms with van der Waals surface area (Å²) in [7, 11) is 0. The van der Waals surface area contributed by atoms with E-state index in [4.69, 9.17) is 5.73 Å². The number of rotatable bonds is 4. The molecule has 7 heteroatoms. The highest BCUT2D eigenvalue weighted by Gasteiger charge is 2.29. The number of primary amides is 1. The van der Waals surface area contributed by atoms with Crippen LogP contribution < -0.4 is 11.1 Å². The van der Waals surface area contributed by atoms with Gasteiger partial charge in [0.25, 0.3) is 0 Å². The van der Waals surface area contributed by atoms with E-state index >= 15 is 0 Å². The normalized spacial score (nSPS) is 18.4. The van der Waals surface area contributed by atoms with Crippen molar-refractivity contribution in [3.05, 3.63) is 10.6 Å². The van der Waals surface area contributed by atoms with Crippen molar-refractivity contribution in [3.63, 3.8) is 0 Å². The van der Waals surface area contributed by atoms with Gasteiger partial charge in [-0.2, -0.15) is 0 Å². The summed E-state index contributed by atoms with van der Waals surface area (Å²) in [5.41, 5.74) is 6.27. The molecule has 1 aliphatic rings. The van der Waals surface area contributed by atoms with E-state index in [-0.39, 0.29) is 23.8 Å². The lowest BCUT2D eigenvalue weighted by Crippen LogP contribution is -2.47. The van der Waals surface area contributed by atoms with Crippen molar-refractivity contribution >= 4 is 28.3 Å². The molecule has 6 nitrogen and oxygen atoms in total. The average Bonchev–Trinajstić information content (AvgIpc) is 2.76. The fraction of sp³-hybridized carbons (Fsp3) is 0.643. The third-order valence-electron chi connectivity index (χ3n) is 4.12. The van der Waals surface area contributed by atoms with Crippen LogP contribution in [0.1, 0.15) is 30.3 Å². The van der Waals surface area contributed by atoms with E-state index in [1.165, 1.54) is 11.3 Å². The molecule has 0 spiro atoms. The first kappa shape index (κ1) is 15.9. The minimum atomic E-state index is -0.236. The van der Waals surface area contributed by atoms with Gasteiger partial charge in [0.1, 0.15) is 0 Å².